The van der Waals surface area contributed by atoms with Gasteiger partial charge in [0.2, 0.25) is 0 Å². The van der Waals surface area contributed by atoms with Crippen LogP contribution in [-0.4, -0.2) is 5.78 Å². The van der Waals surface area contributed by atoms with Crippen molar-refractivity contribution in [3.8, 4) is 0 Å². The average Bonchev–Trinajstić information content (AvgIpc) is 2.64. The first-order valence-corrected chi connectivity index (χ1v) is 9.55. The zero-order chi connectivity index (χ0) is 18.5. The van der Waals surface area contributed by atoms with Crippen LogP contribution >= 0.6 is 0 Å². The summed E-state index contributed by atoms with van der Waals surface area (Å²) in [5.74, 6) is 0.825. The summed E-state index contributed by atoms with van der Waals surface area (Å²) in [5, 5.41) is 0. The van der Waals surface area contributed by atoms with Crippen LogP contribution < -0.4 is 0 Å². The number of carbonyl (C=O) groups excluding carboxylic acids is 1. The summed E-state index contributed by atoms with van der Waals surface area (Å²) in [5.41, 5.74) is 7.48. The zero-order valence-electron chi connectivity index (χ0n) is 16.1. The Balaban J connectivity index is 1.68. The van der Waals surface area contributed by atoms with Crippen molar-refractivity contribution >= 4 is 5.78 Å². The van der Waals surface area contributed by atoms with Crippen LogP contribution in [0.4, 0.5) is 0 Å². The fourth-order valence-electron chi connectivity index (χ4n) is 3.50. The molecule has 0 atom stereocenters. The van der Waals surface area contributed by atoms with E-state index in [2.05, 4.69) is 75.4 Å². The number of Topliss-reactive ketones (excluding diaryl/α,β-unsaturated/α-hetero) is 1. The molecule has 0 radical (unpaired) electrons. The van der Waals surface area contributed by atoms with Gasteiger partial charge in [-0.2, -0.15) is 0 Å². The lowest BCUT2D eigenvalue weighted by molar-refractivity contribution is -0.115. The maximum Gasteiger partial charge on any atom is 0.162 e. The molecular formula is C25H28O. The van der Waals surface area contributed by atoms with Crippen LogP contribution in [-0.2, 0) is 17.6 Å². The lowest BCUT2D eigenvalue weighted by atomic mass is 9.86. The monoisotopic (exact) mass is 344 g/mol. The van der Waals surface area contributed by atoms with Crippen molar-refractivity contribution < 1.29 is 4.79 Å². The van der Waals surface area contributed by atoms with Gasteiger partial charge in [0.05, 0.1) is 0 Å². The molecule has 0 aromatic heterocycles. The van der Waals surface area contributed by atoms with Crippen LogP contribution in [0.3, 0.4) is 0 Å². The van der Waals surface area contributed by atoms with Gasteiger partial charge in [0.15, 0.2) is 5.78 Å². The minimum Gasteiger partial charge on any atom is -0.294 e. The highest BCUT2D eigenvalue weighted by molar-refractivity contribution is 5.98. The van der Waals surface area contributed by atoms with Crippen molar-refractivity contribution in [2.75, 3.05) is 0 Å². The van der Waals surface area contributed by atoms with Gasteiger partial charge in [-0.3, -0.25) is 4.79 Å². The highest BCUT2D eigenvalue weighted by atomic mass is 16.1. The summed E-state index contributed by atoms with van der Waals surface area (Å²) >= 11 is 0. The molecule has 2 aromatic carbocycles. The Morgan fingerprint density at radius 3 is 2.27 bits per heavy atom. The maximum atomic E-state index is 12.6. The van der Waals surface area contributed by atoms with E-state index in [4.69, 9.17) is 0 Å². The summed E-state index contributed by atoms with van der Waals surface area (Å²) < 4.78 is 0. The third-order valence-electron chi connectivity index (χ3n) is 5.28. The first-order chi connectivity index (χ1) is 12.5. The predicted octanol–water partition coefficient (Wildman–Crippen LogP) is 6.20. The van der Waals surface area contributed by atoms with Crippen LogP contribution in [0.1, 0.15) is 56.2 Å². The van der Waals surface area contributed by atoms with E-state index in [1.165, 1.54) is 27.8 Å². The van der Waals surface area contributed by atoms with Gasteiger partial charge in [-0.25, -0.2) is 0 Å². The Hall–Kier alpha value is -2.41. The minimum absolute atomic E-state index is 0.284. The molecule has 2 aromatic rings. The Morgan fingerprint density at radius 1 is 0.962 bits per heavy atom. The standard InChI is InChI=1S/C25H28O/c1-18(2)22-11-9-21(10-12-22)16-24-14-13-23(17-25(24)26)19(3)15-20-7-5-4-6-8-20/h4-12,14,18H,13,15-17H2,1-3H3/b23-19+. The SMILES string of the molecule is C/C(Cc1ccccc1)=C1/CC=C(Cc2ccc(C(C)C)cc2)C(=O)C1. The van der Waals surface area contributed by atoms with Gasteiger partial charge in [0.25, 0.3) is 0 Å². The molecule has 3 rings (SSSR count). The van der Waals surface area contributed by atoms with E-state index in [1.807, 2.05) is 6.07 Å². The van der Waals surface area contributed by atoms with Gasteiger partial charge in [-0.1, -0.05) is 85.7 Å². The van der Waals surface area contributed by atoms with E-state index in [-0.39, 0.29) is 5.78 Å². The molecule has 0 N–H and O–H groups in total. The quantitative estimate of drug-likeness (QED) is 0.590. The summed E-state index contributed by atoms with van der Waals surface area (Å²) in [7, 11) is 0. The van der Waals surface area contributed by atoms with Crippen molar-refractivity contribution in [1.82, 2.24) is 0 Å². The van der Waals surface area contributed by atoms with Crippen molar-refractivity contribution in [2.45, 2.75) is 52.4 Å². The lowest BCUT2D eigenvalue weighted by Gasteiger charge is -2.18. The summed E-state index contributed by atoms with van der Waals surface area (Å²) in [4.78, 5) is 12.6. The van der Waals surface area contributed by atoms with Crippen LogP contribution in [0.15, 0.2) is 77.4 Å². The molecule has 0 saturated carbocycles. The van der Waals surface area contributed by atoms with Crippen molar-refractivity contribution in [2.24, 2.45) is 0 Å². The summed E-state index contributed by atoms with van der Waals surface area (Å²) in [6.07, 6.45) is 5.32. The first kappa shape index (κ1) is 18.4. The van der Waals surface area contributed by atoms with Gasteiger partial charge in [0.1, 0.15) is 0 Å². The molecule has 0 heterocycles. The highest BCUT2D eigenvalue weighted by Gasteiger charge is 2.19. The molecule has 134 valence electrons. The van der Waals surface area contributed by atoms with E-state index in [0.29, 0.717) is 12.3 Å². The maximum absolute atomic E-state index is 12.6. The molecule has 0 saturated heterocycles. The number of hydrogen-bond acceptors (Lipinski definition) is 1. The number of benzene rings is 2. The molecule has 1 aliphatic carbocycles. The molecule has 0 fully saturated rings. The number of ketones is 1. The molecular weight excluding hydrogens is 316 g/mol. The molecule has 0 bridgehead atoms. The lowest BCUT2D eigenvalue weighted by Crippen LogP contribution is -2.13. The van der Waals surface area contributed by atoms with E-state index >= 15 is 0 Å². The molecule has 0 aliphatic heterocycles. The fourth-order valence-corrected chi connectivity index (χ4v) is 3.50. The van der Waals surface area contributed by atoms with Crippen LogP contribution in [0.25, 0.3) is 0 Å². The molecule has 1 aliphatic rings. The minimum atomic E-state index is 0.284. The molecule has 0 spiro atoms. The predicted molar refractivity (Wildman–Crippen MR) is 109 cm³/mol. The highest BCUT2D eigenvalue weighted by Crippen LogP contribution is 2.27. The van der Waals surface area contributed by atoms with Crippen molar-refractivity contribution in [3.63, 3.8) is 0 Å². The number of rotatable bonds is 5. The van der Waals surface area contributed by atoms with Crippen LogP contribution in [0.5, 0.6) is 0 Å². The fraction of sp³-hybridized carbons (Fsp3) is 0.320. The van der Waals surface area contributed by atoms with E-state index in [0.717, 1.165) is 24.8 Å². The van der Waals surface area contributed by atoms with Gasteiger partial charge < -0.3 is 0 Å². The normalized spacial score (nSPS) is 16.6. The third kappa shape index (κ3) is 4.60. The van der Waals surface area contributed by atoms with Crippen molar-refractivity contribution in [1.29, 1.82) is 0 Å². The number of hydrogen-bond donors (Lipinski definition) is 0. The second-order valence-corrected chi connectivity index (χ2v) is 7.65. The van der Waals surface area contributed by atoms with Crippen LogP contribution in [0, 0.1) is 0 Å². The molecule has 1 nitrogen and oxygen atoms in total. The second kappa shape index (κ2) is 8.31. The van der Waals surface area contributed by atoms with E-state index < -0.39 is 0 Å². The van der Waals surface area contributed by atoms with Gasteiger partial charge in [-0.15, -0.1) is 0 Å². The Kier molecular flexibility index (Phi) is 5.88. The Morgan fingerprint density at radius 2 is 1.65 bits per heavy atom. The van der Waals surface area contributed by atoms with Crippen LogP contribution in [0.2, 0.25) is 0 Å². The zero-order valence-corrected chi connectivity index (χ0v) is 16.1. The Labute approximate surface area is 157 Å². The molecule has 26 heavy (non-hydrogen) atoms. The third-order valence-corrected chi connectivity index (χ3v) is 5.28. The second-order valence-electron chi connectivity index (χ2n) is 7.65. The average molecular weight is 344 g/mol. The molecule has 0 unspecified atom stereocenters. The van der Waals surface area contributed by atoms with E-state index in [1.54, 1.807) is 0 Å². The number of carbonyl (C=O) groups is 1. The summed E-state index contributed by atoms with van der Waals surface area (Å²) in [6.45, 7) is 6.57. The smallest absolute Gasteiger partial charge is 0.162 e. The Bertz CT molecular complexity index is 820. The largest absolute Gasteiger partial charge is 0.294 e. The number of allylic oxidation sites excluding steroid dienone is 4. The van der Waals surface area contributed by atoms with Crippen molar-refractivity contribution in [3.05, 3.63) is 94.1 Å². The topological polar surface area (TPSA) is 17.1 Å². The molecule has 0 amide bonds. The van der Waals surface area contributed by atoms with E-state index in [9.17, 15) is 4.79 Å². The van der Waals surface area contributed by atoms with Gasteiger partial charge >= 0.3 is 0 Å². The molecule has 1 heteroatoms. The van der Waals surface area contributed by atoms with Gasteiger partial charge in [0, 0.05) is 12.8 Å². The van der Waals surface area contributed by atoms with Gasteiger partial charge in [-0.05, 0) is 47.9 Å². The summed E-state index contributed by atoms with van der Waals surface area (Å²) in [6, 6.07) is 19.2. The first-order valence-electron chi connectivity index (χ1n) is 9.55.